The van der Waals surface area contributed by atoms with Crippen molar-refractivity contribution >= 4 is 34.7 Å². The van der Waals surface area contributed by atoms with E-state index in [1.54, 1.807) is 31.4 Å². The van der Waals surface area contributed by atoms with E-state index in [2.05, 4.69) is 15.6 Å². The molecule has 28 heavy (non-hydrogen) atoms. The first kappa shape index (κ1) is 19.5. The van der Waals surface area contributed by atoms with Crippen LogP contribution in [-0.4, -0.2) is 25.1 Å². The van der Waals surface area contributed by atoms with Crippen molar-refractivity contribution in [3.05, 3.63) is 70.9 Å². The number of amides is 1. The van der Waals surface area contributed by atoms with Gasteiger partial charge in [0.2, 0.25) is 0 Å². The van der Waals surface area contributed by atoms with Gasteiger partial charge in [0.25, 0.3) is 5.91 Å². The molecule has 2 N–H and O–H groups in total. The zero-order chi connectivity index (χ0) is 20.1. The molecule has 3 aromatic rings. The number of anilines is 3. The molecule has 1 aromatic heterocycles. The van der Waals surface area contributed by atoms with Gasteiger partial charge in [-0.15, -0.1) is 0 Å². The third kappa shape index (κ3) is 4.53. The maximum absolute atomic E-state index is 12.5. The summed E-state index contributed by atoms with van der Waals surface area (Å²) in [5, 5.41) is 6.58. The van der Waals surface area contributed by atoms with Crippen LogP contribution in [0.1, 0.15) is 15.9 Å². The molecule has 0 bridgehead atoms. The summed E-state index contributed by atoms with van der Waals surface area (Å²) in [6, 6.07) is 14.4. The zero-order valence-electron chi connectivity index (χ0n) is 15.7. The van der Waals surface area contributed by atoms with E-state index in [-0.39, 0.29) is 5.91 Å². The lowest BCUT2D eigenvalue weighted by molar-refractivity contribution is 0.102. The summed E-state index contributed by atoms with van der Waals surface area (Å²) in [6.45, 7) is 1.86. The summed E-state index contributed by atoms with van der Waals surface area (Å²) < 4.78 is 10.4. The molecule has 144 valence electrons. The van der Waals surface area contributed by atoms with Gasteiger partial charge in [0.05, 0.1) is 25.5 Å². The number of nitrogens with zero attached hydrogens (tertiary/aromatic N) is 1. The van der Waals surface area contributed by atoms with E-state index in [9.17, 15) is 4.79 Å². The van der Waals surface area contributed by atoms with Gasteiger partial charge in [-0.1, -0.05) is 11.6 Å². The van der Waals surface area contributed by atoms with E-state index in [0.717, 1.165) is 17.0 Å². The van der Waals surface area contributed by atoms with Gasteiger partial charge in [-0.05, 0) is 55.0 Å². The van der Waals surface area contributed by atoms with Gasteiger partial charge in [0, 0.05) is 23.0 Å². The number of aromatic nitrogens is 1. The minimum absolute atomic E-state index is 0.288. The fourth-order valence-electron chi connectivity index (χ4n) is 2.55. The van der Waals surface area contributed by atoms with Crippen LogP contribution in [0.25, 0.3) is 0 Å². The van der Waals surface area contributed by atoms with Gasteiger partial charge in [0.15, 0.2) is 0 Å². The van der Waals surface area contributed by atoms with Crippen LogP contribution < -0.4 is 20.1 Å². The Morgan fingerprint density at radius 3 is 2.39 bits per heavy atom. The van der Waals surface area contributed by atoms with Crippen molar-refractivity contribution in [1.82, 2.24) is 4.98 Å². The largest absolute Gasteiger partial charge is 0.497 e. The molecule has 0 fully saturated rings. The molecule has 7 heteroatoms. The molecule has 6 nitrogen and oxygen atoms in total. The molecule has 0 saturated heterocycles. The maximum Gasteiger partial charge on any atom is 0.257 e. The molecule has 0 unspecified atom stereocenters. The predicted octanol–water partition coefficient (Wildman–Crippen LogP) is 5.06. The molecule has 0 atom stereocenters. The fourth-order valence-corrected chi connectivity index (χ4v) is 2.70. The number of hydrogen-bond donors (Lipinski definition) is 2. The predicted molar refractivity (Wildman–Crippen MR) is 111 cm³/mol. The molecule has 0 saturated carbocycles. The molecule has 0 aliphatic heterocycles. The third-order valence-corrected chi connectivity index (χ3v) is 4.52. The summed E-state index contributed by atoms with van der Waals surface area (Å²) in [6.07, 6.45) is 1.51. The number of ether oxygens (including phenoxy) is 2. The lowest BCUT2D eigenvalue weighted by Gasteiger charge is -2.12. The van der Waals surface area contributed by atoms with Gasteiger partial charge < -0.3 is 20.1 Å². The van der Waals surface area contributed by atoms with E-state index in [4.69, 9.17) is 21.1 Å². The van der Waals surface area contributed by atoms with Crippen LogP contribution >= 0.6 is 11.6 Å². The number of rotatable bonds is 6. The van der Waals surface area contributed by atoms with Crippen molar-refractivity contribution in [3.8, 4) is 11.5 Å². The molecule has 0 spiro atoms. The number of halogens is 1. The van der Waals surface area contributed by atoms with Crippen LogP contribution in [-0.2, 0) is 0 Å². The first-order chi connectivity index (χ1) is 13.5. The highest BCUT2D eigenvalue weighted by atomic mass is 35.5. The Kier molecular flexibility index (Phi) is 6.01. The number of benzene rings is 2. The number of pyridine rings is 1. The van der Waals surface area contributed by atoms with Crippen molar-refractivity contribution < 1.29 is 14.3 Å². The van der Waals surface area contributed by atoms with Crippen molar-refractivity contribution in [2.45, 2.75) is 6.92 Å². The Morgan fingerprint density at radius 1 is 1.04 bits per heavy atom. The number of methoxy groups -OCH3 is 2. The van der Waals surface area contributed by atoms with Gasteiger partial charge in [-0.25, -0.2) is 4.98 Å². The molecule has 0 aliphatic rings. The Bertz CT molecular complexity index is 973. The molecule has 1 heterocycles. The highest BCUT2D eigenvalue weighted by Gasteiger charge is 2.12. The summed E-state index contributed by atoms with van der Waals surface area (Å²) in [5.41, 5.74) is 2.69. The Hall–Kier alpha value is -3.25. The number of nitrogens with one attached hydrogen (secondary N) is 2. The van der Waals surface area contributed by atoms with Crippen LogP contribution in [0.4, 0.5) is 17.2 Å². The maximum atomic E-state index is 12.5. The number of carbonyl (C=O) groups is 1. The SMILES string of the molecule is COc1ccc(Nc2ccc(C(=O)Nc3cc(C)c(Cl)cc3OC)cn2)cc1. The second-order valence-corrected chi connectivity index (χ2v) is 6.45. The lowest BCUT2D eigenvalue weighted by Crippen LogP contribution is -2.13. The highest BCUT2D eigenvalue weighted by Crippen LogP contribution is 2.31. The standard InChI is InChI=1S/C21H20ClN3O3/c1-13-10-18(19(28-3)11-17(13)22)25-21(26)14-4-9-20(23-12-14)24-15-5-7-16(27-2)8-6-15/h4-12H,1-3H3,(H,23,24)(H,25,26). The van der Waals surface area contributed by atoms with Crippen molar-refractivity contribution in [3.63, 3.8) is 0 Å². The summed E-state index contributed by atoms with van der Waals surface area (Å²) in [7, 11) is 3.15. The van der Waals surface area contributed by atoms with E-state index < -0.39 is 0 Å². The van der Waals surface area contributed by atoms with Crippen LogP contribution in [0.15, 0.2) is 54.7 Å². The number of carbonyl (C=O) groups excluding carboxylic acids is 1. The third-order valence-electron chi connectivity index (χ3n) is 4.12. The minimum Gasteiger partial charge on any atom is -0.497 e. The molecule has 1 amide bonds. The smallest absolute Gasteiger partial charge is 0.257 e. The molecule has 3 rings (SSSR count). The Morgan fingerprint density at radius 2 is 1.79 bits per heavy atom. The van der Waals surface area contributed by atoms with E-state index in [1.165, 1.54) is 13.3 Å². The second-order valence-electron chi connectivity index (χ2n) is 6.04. The average Bonchev–Trinajstić information content (AvgIpc) is 2.71. The molecular weight excluding hydrogens is 378 g/mol. The van der Waals surface area contributed by atoms with Crippen molar-refractivity contribution in [2.24, 2.45) is 0 Å². The topological polar surface area (TPSA) is 72.5 Å². The summed E-state index contributed by atoms with van der Waals surface area (Å²) in [5.74, 6) is 1.61. The van der Waals surface area contributed by atoms with Crippen LogP contribution in [0.2, 0.25) is 5.02 Å². The molecule has 2 aromatic carbocycles. The number of hydrogen-bond acceptors (Lipinski definition) is 5. The van der Waals surface area contributed by atoms with E-state index >= 15 is 0 Å². The lowest BCUT2D eigenvalue weighted by atomic mass is 10.2. The summed E-state index contributed by atoms with van der Waals surface area (Å²) >= 11 is 6.10. The number of aryl methyl sites for hydroxylation is 1. The quantitative estimate of drug-likeness (QED) is 0.608. The molecule has 0 aliphatic carbocycles. The zero-order valence-corrected chi connectivity index (χ0v) is 16.5. The fraction of sp³-hybridized carbons (Fsp3) is 0.143. The van der Waals surface area contributed by atoms with Crippen molar-refractivity contribution in [2.75, 3.05) is 24.9 Å². The molecular formula is C21H20ClN3O3. The van der Waals surface area contributed by atoms with Gasteiger partial charge in [0.1, 0.15) is 17.3 Å². The first-order valence-corrected chi connectivity index (χ1v) is 8.90. The van der Waals surface area contributed by atoms with Gasteiger partial charge in [-0.3, -0.25) is 4.79 Å². The van der Waals surface area contributed by atoms with E-state index in [0.29, 0.717) is 27.8 Å². The second kappa shape index (κ2) is 8.63. The Balaban J connectivity index is 1.70. The monoisotopic (exact) mass is 397 g/mol. The first-order valence-electron chi connectivity index (χ1n) is 8.53. The average molecular weight is 398 g/mol. The van der Waals surface area contributed by atoms with Crippen molar-refractivity contribution in [1.29, 1.82) is 0 Å². The Labute approximate surface area is 168 Å². The molecule has 0 radical (unpaired) electrons. The van der Waals surface area contributed by atoms with Crippen LogP contribution in [0.3, 0.4) is 0 Å². The van der Waals surface area contributed by atoms with E-state index in [1.807, 2.05) is 31.2 Å². The van der Waals surface area contributed by atoms with Crippen LogP contribution in [0.5, 0.6) is 11.5 Å². The minimum atomic E-state index is -0.288. The normalized spacial score (nSPS) is 10.3. The van der Waals surface area contributed by atoms with Crippen LogP contribution in [0, 0.1) is 6.92 Å². The van der Waals surface area contributed by atoms with Gasteiger partial charge >= 0.3 is 0 Å². The highest BCUT2D eigenvalue weighted by molar-refractivity contribution is 6.31. The van der Waals surface area contributed by atoms with Gasteiger partial charge in [-0.2, -0.15) is 0 Å². The summed E-state index contributed by atoms with van der Waals surface area (Å²) in [4.78, 5) is 16.8.